The molecule has 2 rings (SSSR count). The molecule has 0 radical (unpaired) electrons. The molecule has 1 aromatic heterocycles. The van der Waals surface area contributed by atoms with Gasteiger partial charge in [0.25, 0.3) is 0 Å². The first-order valence-electron chi connectivity index (χ1n) is 5.86. The fraction of sp³-hybridized carbons (Fsp3) is 0.583. The van der Waals surface area contributed by atoms with Gasteiger partial charge in [0.1, 0.15) is 0 Å². The van der Waals surface area contributed by atoms with Crippen molar-refractivity contribution in [2.45, 2.75) is 31.8 Å². The number of carbonyl (C=O) groups is 1. The maximum Gasteiger partial charge on any atom is 0.306 e. The summed E-state index contributed by atoms with van der Waals surface area (Å²) < 4.78 is 0.779. The first kappa shape index (κ1) is 14.3. The fourth-order valence-electron chi connectivity index (χ4n) is 2.56. The topological polar surface area (TPSA) is 57.5 Å². The SMILES string of the molecule is O=C(O)C1CCCCC1C(O)c1cc(Cl)c(Br)s1. The third-order valence-corrected chi connectivity index (χ3v) is 6.04. The zero-order valence-electron chi connectivity index (χ0n) is 9.60. The monoisotopic (exact) mass is 352 g/mol. The summed E-state index contributed by atoms with van der Waals surface area (Å²) in [6.45, 7) is 0. The molecular weight excluding hydrogens is 340 g/mol. The van der Waals surface area contributed by atoms with E-state index in [-0.39, 0.29) is 5.92 Å². The van der Waals surface area contributed by atoms with Gasteiger partial charge in [0.2, 0.25) is 0 Å². The van der Waals surface area contributed by atoms with Crippen molar-refractivity contribution in [3.05, 3.63) is 19.8 Å². The van der Waals surface area contributed by atoms with Crippen LogP contribution in [0.1, 0.15) is 36.7 Å². The molecule has 2 N–H and O–H groups in total. The molecule has 0 spiro atoms. The van der Waals surface area contributed by atoms with Crippen molar-refractivity contribution in [3.63, 3.8) is 0 Å². The lowest BCUT2D eigenvalue weighted by Crippen LogP contribution is -2.31. The number of aliphatic hydroxyl groups is 1. The molecule has 3 nitrogen and oxygen atoms in total. The molecule has 0 saturated heterocycles. The summed E-state index contributed by atoms with van der Waals surface area (Å²) >= 11 is 10.6. The highest BCUT2D eigenvalue weighted by Crippen LogP contribution is 2.43. The van der Waals surface area contributed by atoms with Gasteiger partial charge in [-0.25, -0.2) is 0 Å². The Morgan fingerprint density at radius 2 is 2.17 bits per heavy atom. The van der Waals surface area contributed by atoms with Crippen molar-refractivity contribution in [3.8, 4) is 0 Å². The van der Waals surface area contributed by atoms with Crippen molar-refractivity contribution in [1.82, 2.24) is 0 Å². The highest BCUT2D eigenvalue weighted by Gasteiger charge is 2.36. The number of aliphatic carboxylic acids is 1. The van der Waals surface area contributed by atoms with E-state index in [0.717, 1.165) is 27.9 Å². The number of halogens is 2. The van der Waals surface area contributed by atoms with Crippen molar-refractivity contribution in [2.24, 2.45) is 11.8 Å². The van der Waals surface area contributed by atoms with E-state index in [1.165, 1.54) is 11.3 Å². The predicted molar refractivity (Wildman–Crippen MR) is 75.1 cm³/mol. The van der Waals surface area contributed by atoms with Crippen LogP contribution in [0.25, 0.3) is 0 Å². The van der Waals surface area contributed by atoms with Crippen LogP contribution in [0, 0.1) is 11.8 Å². The van der Waals surface area contributed by atoms with E-state index >= 15 is 0 Å². The van der Waals surface area contributed by atoms with Gasteiger partial charge in [-0.2, -0.15) is 0 Å². The summed E-state index contributed by atoms with van der Waals surface area (Å²) in [6.07, 6.45) is 2.57. The van der Waals surface area contributed by atoms with Crippen molar-refractivity contribution in [2.75, 3.05) is 0 Å². The highest BCUT2D eigenvalue weighted by molar-refractivity contribution is 9.11. The van der Waals surface area contributed by atoms with Crippen LogP contribution in [0.4, 0.5) is 0 Å². The Morgan fingerprint density at radius 3 is 2.72 bits per heavy atom. The minimum absolute atomic E-state index is 0.210. The Hall–Kier alpha value is -0.100. The lowest BCUT2D eigenvalue weighted by atomic mass is 9.76. The Labute approximate surface area is 123 Å². The van der Waals surface area contributed by atoms with E-state index in [1.54, 1.807) is 6.07 Å². The van der Waals surface area contributed by atoms with E-state index in [1.807, 2.05) is 0 Å². The van der Waals surface area contributed by atoms with E-state index < -0.39 is 18.0 Å². The number of aliphatic hydroxyl groups excluding tert-OH is 1. The fourth-order valence-corrected chi connectivity index (χ4v) is 4.37. The van der Waals surface area contributed by atoms with Crippen LogP contribution in [-0.2, 0) is 4.79 Å². The van der Waals surface area contributed by atoms with Gasteiger partial charge >= 0.3 is 5.97 Å². The molecule has 1 fully saturated rings. The molecule has 0 bridgehead atoms. The number of rotatable bonds is 3. The quantitative estimate of drug-likeness (QED) is 0.860. The number of thiophene rings is 1. The van der Waals surface area contributed by atoms with E-state index in [4.69, 9.17) is 11.6 Å². The Morgan fingerprint density at radius 1 is 1.50 bits per heavy atom. The molecule has 1 aliphatic carbocycles. The van der Waals surface area contributed by atoms with Crippen LogP contribution in [0.2, 0.25) is 5.02 Å². The summed E-state index contributed by atoms with van der Waals surface area (Å²) in [5.41, 5.74) is 0. The highest BCUT2D eigenvalue weighted by atomic mass is 79.9. The molecule has 0 aliphatic heterocycles. The largest absolute Gasteiger partial charge is 0.481 e. The van der Waals surface area contributed by atoms with Crippen molar-refractivity contribution >= 4 is 44.8 Å². The van der Waals surface area contributed by atoms with Gasteiger partial charge in [-0.15, -0.1) is 11.3 Å². The molecule has 0 aromatic carbocycles. The second-order valence-corrected chi connectivity index (χ2v) is 7.42. The molecular formula is C12H14BrClO3S. The van der Waals surface area contributed by atoms with E-state index in [2.05, 4.69) is 15.9 Å². The van der Waals surface area contributed by atoms with Crippen molar-refractivity contribution < 1.29 is 15.0 Å². The van der Waals surface area contributed by atoms with Gasteiger partial charge < -0.3 is 10.2 Å². The van der Waals surface area contributed by atoms with E-state index in [0.29, 0.717) is 11.4 Å². The molecule has 3 unspecified atom stereocenters. The zero-order chi connectivity index (χ0) is 13.3. The molecule has 1 heterocycles. The Kier molecular flexibility index (Phi) is 4.69. The molecule has 1 aliphatic rings. The number of hydrogen-bond acceptors (Lipinski definition) is 3. The van der Waals surface area contributed by atoms with Gasteiger partial charge in [0.05, 0.1) is 20.8 Å². The van der Waals surface area contributed by atoms with Crippen LogP contribution < -0.4 is 0 Å². The van der Waals surface area contributed by atoms with E-state index in [9.17, 15) is 15.0 Å². The molecule has 18 heavy (non-hydrogen) atoms. The maximum atomic E-state index is 11.2. The third kappa shape index (κ3) is 2.90. The minimum Gasteiger partial charge on any atom is -0.481 e. The van der Waals surface area contributed by atoms with Gasteiger partial charge in [0, 0.05) is 10.8 Å². The summed E-state index contributed by atoms with van der Waals surface area (Å²) in [5.74, 6) is -1.47. The smallest absolute Gasteiger partial charge is 0.306 e. The second kappa shape index (κ2) is 5.90. The average molecular weight is 354 g/mol. The molecule has 6 heteroatoms. The lowest BCUT2D eigenvalue weighted by Gasteiger charge is -2.31. The Balaban J connectivity index is 2.20. The molecule has 100 valence electrons. The summed E-state index contributed by atoms with van der Waals surface area (Å²) in [5, 5.41) is 20.2. The minimum atomic E-state index is -0.805. The molecule has 3 atom stereocenters. The number of hydrogen-bond donors (Lipinski definition) is 2. The van der Waals surface area contributed by atoms with Crippen LogP contribution in [0.5, 0.6) is 0 Å². The Bertz CT molecular complexity index is 429. The lowest BCUT2D eigenvalue weighted by molar-refractivity contribution is -0.147. The van der Waals surface area contributed by atoms with Crippen LogP contribution in [0.3, 0.4) is 0 Å². The second-order valence-electron chi connectivity index (χ2n) is 4.61. The normalized spacial score (nSPS) is 25.9. The van der Waals surface area contributed by atoms with Gasteiger partial charge in [-0.3, -0.25) is 4.79 Å². The summed E-state index contributed by atoms with van der Waals surface area (Å²) in [6, 6.07) is 1.72. The van der Waals surface area contributed by atoms with Gasteiger partial charge in [-0.05, 0) is 34.8 Å². The van der Waals surface area contributed by atoms with Crippen LogP contribution >= 0.6 is 38.9 Å². The first-order valence-corrected chi connectivity index (χ1v) is 7.85. The number of carboxylic acid groups (broad SMARTS) is 1. The number of carboxylic acids is 1. The third-order valence-electron chi connectivity index (χ3n) is 3.50. The summed E-state index contributed by atoms with van der Waals surface area (Å²) in [7, 11) is 0. The van der Waals surface area contributed by atoms with Gasteiger partial charge in [0.15, 0.2) is 0 Å². The van der Waals surface area contributed by atoms with Crippen molar-refractivity contribution in [1.29, 1.82) is 0 Å². The first-order chi connectivity index (χ1) is 8.50. The standard InChI is InChI=1S/C12H14BrClO3S/c13-11-8(14)5-9(18-11)10(15)6-3-1-2-4-7(6)12(16)17/h5-7,10,15H,1-4H2,(H,16,17). The summed E-state index contributed by atoms with van der Waals surface area (Å²) in [4.78, 5) is 12.0. The molecule has 1 aromatic rings. The van der Waals surface area contributed by atoms with Crippen LogP contribution in [0.15, 0.2) is 9.85 Å². The molecule has 1 saturated carbocycles. The van der Waals surface area contributed by atoms with Gasteiger partial charge in [-0.1, -0.05) is 24.4 Å². The average Bonchev–Trinajstić information content (AvgIpc) is 2.68. The predicted octanol–water partition coefficient (Wildman–Crippen LogP) is 4.09. The molecule has 0 amide bonds. The maximum absolute atomic E-state index is 11.2. The van der Waals surface area contributed by atoms with Crippen LogP contribution in [-0.4, -0.2) is 16.2 Å². The zero-order valence-corrected chi connectivity index (χ0v) is 12.8.